The maximum Gasteiger partial charge on any atom is 0.331 e. The van der Waals surface area contributed by atoms with Crippen LogP contribution in [-0.2, 0) is 29.1 Å². The summed E-state index contributed by atoms with van der Waals surface area (Å²) in [6, 6.07) is 6.28. The van der Waals surface area contributed by atoms with Gasteiger partial charge in [0.1, 0.15) is 5.82 Å². The molecule has 1 saturated heterocycles. The van der Waals surface area contributed by atoms with Crippen molar-refractivity contribution >= 4 is 5.70 Å². The third-order valence-corrected chi connectivity index (χ3v) is 5.46. The van der Waals surface area contributed by atoms with Gasteiger partial charge in [0.2, 0.25) is 0 Å². The summed E-state index contributed by atoms with van der Waals surface area (Å²) >= 11 is 0. The molecule has 1 unspecified atom stereocenters. The molecule has 1 fully saturated rings. The van der Waals surface area contributed by atoms with Crippen LogP contribution in [0.1, 0.15) is 16.8 Å². The highest BCUT2D eigenvalue weighted by molar-refractivity contribution is 5.62. The highest BCUT2D eigenvalue weighted by atomic mass is 19.1. The van der Waals surface area contributed by atoms with Crippen molar-refractivity contribution in [3.8, 4) is 0 Å². The Hall–Kier alpha value is -2.71. The predicted molar refractivity (Wildman–Crippen MR) is 106 cm³/mol. The Morgan fingerprint density at radius 2 is 1.93 bits per heavy atom. The molecule has 0 spiro atoms. The van der Waals surface area contributed by atoms with E-state index in [1.54, 1.807) is 23.6 Å². The normalized spacial score (nSPS) is 19.3. The summed E-state index contributed by atoms with van der Waals surface area (Å²) < 4.78 is 27.0. The summed E-state index contributed by atoms with van der Waals surface area (Å²) in [7, 11) is 0. The Bertz CT molecular complexity index is 1040. The van der Waals surface area contributed by atoms with E-state index >= 15 is 0 Å². The molecule has 1 aromatic carbocycles. The highest BCUT2D eigenvalue weighted by Crippen LogP contribution is 2.24. The first kappa shape index (κ1) is 19.6. The van der Waals surface area contributed by atoms with Crippen molar-refractivity contribution < 1.29 is 13.9 Å². The van der Waals surface area contributed by atoms with Gasteiger partial charge in [0.15, 0.2) is 0 Å². The van der Waals surface area contributed by atoms with Gasteiger partial charge in [-0.05, 0) is 24.6 Å². The Labute approximate surface area is 167 Å². The van der Waals surface area contributed by atoms with E-state index in [4.69, 9.17) is 9.47 Å². The van der Waals surface area contributed by atoms with Crippen molar-refractivity contribution in [1.82, 2.24) is 14.0 Å². The number of rotatable bonds is 4. The molecule has 1 atom stereocenters. The molecule has 29 heavy (non-hydrogen) atoms. The van der Waals surface area contributed by atoms with Crippen molar-refractivity contribution in [2.45, 2.75) is 32.7 Å². The lowest BCUT2D eigenvalue weighted by Crippen LogP contribution is -2.49. The van der Waals surface area contributed by atoms with Gasteiger partial charge in [0, 0.05) is 25.2 Å². The molecule has 8 heteroatoms. The van der Waals surface area contributed by atoms with Crippen molar-refractivity contribution in [3.63, 3.8) is 0 Å². The number of nitrogens with zero attached hydrogens (tertiary/aromatic N) is 3. The van der Waals surface area contributed by atoms with Crippen LogP contribution in [0.5, 0.6) is 0 Å². The molecule has 0 bridgehead atoms. The minimum atomic E-state index is -0.354. The smallest absolute Gasteiger partial charge is 0.331 e. The molecule has 0 aliphatic carbocycles. The minimum Gasteiger partial charge on any atom is -0.376 e. The molecule has 4 rings (SSSR count). The second-order valence-electron chi connectivity index (χ2n) is 7.39. The van der Waals surface area contributed by atoms with Gasteiger partial charge in [-0.3, -0.25) is 13.9 Å². The molecule has 0 radical (unpaired) electrons. The molecule has 2 aliphatic heterocycles. The molecule has 2 aliphatic rings. The summed E-state index contributed by atoms with van der Waals surface area (Å²) in [6.07, 6.45) is -0.311. The van der Waals surface area contributed by atoms with Crippen LogP contribution in [0, 0.1) is 12.7 Å². The zero-order valence-corrected chi connectivity index (χ0v) is 16.4. The Balaban J connectivity index is 1.64. The molecule has 1 aromatic heterocycles. The van der Waals surface area contributed by atoms with E-state index in [2.05, 4.69) is 6.58 Å². The van der Waals surface area contributed by atoms with Gasteiger partial charge in [-0.2, -0.15) is 0 Å². The molecule has 0 saturated carbocycles. The first-order valence-corrected chi connectivity index (χ1v) is 9.68. The number of ether oxygens (including phenoxy) is 2. The lowest BCUT2D eigenvalue weighted by molar-refractivity contribution is -0.0943. The standard InChI is InChI=1S/C21H24FN3O4/c1-14-19-15(2)23(11-16-3-5-17(22)6-4-16)7-8-24(19)21(27)25(20(14)26)12-18-13-28-9-10-29-18/h3-6,18H,2,7-13H2,1H3. The first-order valence-electron chi connectivity index (χ1n) is 9.68. The SMILES string of the molecule is C=C1c2c(C)c(=O)n(CC3COCCO3)c(=O)n2CCN1Cc1ccc(F)cc1. The van der Waals surface area contributed by atoms with E-state index in [9.17, 15) is 14.0 Å². The maximum atomic E-state index is 13.2. The predicted octanol–water partition coefficient (Wildman–Crippen LogP) is 1.36. The molecule has 0 N–H and O–H groups in total. The fourth-order valence-corrected chi connectivity index (χ4v) is 3.91. The molecule has 0 amide bonds. The van der Waals surface area contributed by atoms with E-state index in [0.29, 0.717) is 56.4 Å². The van der Waals surface area contributed by atoms with Gasteiger partial charge in [0.25, 0.3) is 5.56 Å². The summed E-state index contributed by atoms with van der Waals surface area (Å²) in [4.78, 5) is 28.0. The third kappa shape index (κ3) is 3.77. The highest BCUT2D eigenvalue weighted by Gasteiger charge is 2.27. The van der Waals surface area contributed by atoms with Crippen LogP contribution in [0.4, 0.5) is 4.39 Å². The van der Waals surface area contributed by atoms with Crippen LogP contribution >= 0.6 is 0 Å². The van der Waals surface area contributed by atoms with E-state index in [1.165, 1.54) is 16.7 Å². The number of fused-ring (bicyclic) bond motifs is 1. The maximum absolute atomic E-state index is 13.2. The quantitative estimate of drug-likeness (QED) is 0.774. The Morgan fingerprint density at radius 1 is 1.17 bits per heavy atom. The molecule has 2 aromatic rings. The van der Waals surface area contributed by atoms with Crippen LogP contribution in [-0.4, -0.2) is 46.5 Å². The van der Waals surface area contributed by atoms with Gasteiger partial charge in [-0.15, -0.1) is 0 Å². The van der Waals surface area contributed by atoms with Crippen LogP contribution < -0.4 is 11.2 Å². The minimum absolute atomic E-state index is 0.171. The number of hydrogen-bond acceptors (Lipinski definition) is 5. The molecular formula is C21H24FN3O4. The summed E-state index contributed by atoms with van der Waals surface area (Å²) in [5, 5.41) is 0. The van der Waals surface area contributed by atoms with Crippen LogP contribution in [0.25, 0.3) is 5.70 Å². The van der Waals surface area contributed by atoms with Gasteiger partial charge in [-0.1, -0.05) is 18.7 Å². The van der Waals surface area contributed by atoms with Crippen molar-refractivity contribution in [3.05, 3.63) is 74.3 Å². The van der Waals surface area contributed by atoms with Gasteiger partial charge in [0.05, 0.1) is 43.9 Å². The van der Waals surface area contributed by atoms with E-state index in [-0.39, 0.29) is 29.7 Å². The largest absolute Gasteiger partial charge is 0.376 e. The summed E-state index contributed by atoms with van der Waals surface area (Å²) in [5.41, 5.74) is 1.91. The fourth-order valence-electron chi connectivity index (χ4n) is 3.91. The second-order valence-corrected chi connectivity index (χ2v) is 7.39. The molecule has 7 nitrogen and oxygen atoms in total. The average Bonchev–Trinajstić information content (AvgIpc) is 2.73. The van der Waals surface area contributed by atoms with Crippen molar-refractivity contribution in [2.24, 2.45) is 0 Å². The first-order chi connectivity index (χ1) is 14.0. The number of hydrogen-bond donors (Lipinski definition) is 0. The topological polar surface area (TPSA) is 65.7 Å². The lowest BCUT2D eigenvalue weighted by Gasteiger charge is -2.35. The van der Waals surface area contributed by atoms with E-state index in [0.717, 1.165) is 5.56 Å². The molecular weight excluding hydrogens is 377 g/mol. The fraction of sp³-hybridized carbons (Fsp3) is 0.429. The average molecular weight is 401 g/mol. The van der Waals surface area contributed by atoms with Gasteiger partial charge in [-0.25, -0.2) is 9.18 Å². The summed E-state index contributed by atoms with van der Waals surface area (Å²) in [6.45, 7) is 8.92. The van der Waals surface area contributed by atoms with Crippen LogP contribution in [0.2, 0.25) is 0 Å². The second kappa shape index (κ2) is 7.96. The zero-order chi connectivity index (χ0) is 20.5. The van der Waals surface area contributed by atoms with Crippen molar-refractivity contribution in [1.29, 1.82) is 0 Å². The van der Waals surface area contributed by atoms with Gasteiger partial charge >= 0.3 is 5.69 Å². The number of benzene rings is 1. The zero-order valence-electron chi connectivity index (χ0n) is 16.4. The molecule has 154 valence electrons. The number of halogens is 1. The van der Waals surface area contributed by atoms with Crippen molar-refractivity contribution in [2.75, 3.05) is 26.4 Å². The van der Waals surface area contributed by atoms with Gasteiger partial charge < -0.3 is 14.4 Å². The number of aromatic nitrogens is 2. The summed E-state index contributed by atoms with van der Waals surface area (Å²) in [5.74, 6) is -0.285. The van der Waals surface area contributed by atoms with E-state index in [1.807, 2.05) is 4.90 Å². The van der Waals surface area contributed by atoms with Crippen LogP contribution in [0.15, 0.2) is 40.4 Å². The molecule has 3 heterocycles. The van der Waals surface area contributed by atoms with E-state index < -0.39 is 0 Å². The third-order valence-electron chi connectivity index (χ3n) is 5.46. The Kier molecular flexibility index (Phi) is 5.38. The Morgan fingerprint density at radius 3 is 2.62 bits per heavy atom. The monoisotopic (exact) mass is 401 g/mol. The van der Waals surface area contributed by atoms with Crippen LogP contribution in [0.3, 0.4) is 0 Å². The lowest BCUT2D eigenvalue weighted by atomic mass is 10.1.